The van der Waals surface area contributed by atoms with Gasteiger partial charge in [-0.15, -0.1) is 0 Å². The summed E-state index contributed by atoms with van der Waals surface area (Å²) in [5.41, 5.74) is 1.46. The molecular weight excluding hydrogens is 347 g/mol. The van der Waals surface area contributed by atoms with Crippen LogP contribution in [0.1, 0.15) is 31.2 Å². The van der Waals surface area contributed by atoms with Crippen LogP contribution in [0, 0.1) is 3.57 Å². The summed E-state index contributed by atoms with van der Waals surface area (Å²) in [5, 5.41) is 0. The van der Waals surface area contributed by atoms with Crippen LogP contribution in [0.25, 0.3) is 0 Å². The number of hydrogen-bond donors (Lipinski definition) is 0. The predicted octanol–water partition coefficient (Wildman–Crippen LogP) is 3.35. The molecule has 0 radical (unpaired) electrons. The fourth-order valence-electron chi connectivity index (χ4n) is 3.39. The van der Waals surface area contributed by atoms with Crippen molar-refractivity contribution in [1.29, 1.82) is 0 Å². The maximum Gasteiger partial charge on any atom is 0.0235 e. The number of benzene rings is 1. The third kappa shape index (κ3) is 3.70. The highest BCUT2D eigenvalue weighted by Gasteiger charge is 2.28. The molecule has 19 heavy (non-hydrogen) atoms. The van der Waals surface area contributed by atoms with Gasteiger partial charge in [0.2, 0.25) is 0 Å². The van der Waals surface area contributed by atoms with Crippen LogP contribution in [0.15, 0.2) is 24.3 Å². The van der Waals surface area contributed by atoms with Gasteiger partial charge in [0.15, 0.2) is 0 Å². The molecule has 0 saturated carbocycles. The minimum Gasteiger partial charge on any atom is -0.299 e. The molecule has 1 aromatic carbocycles. The Morgan fingerprint density at radius 1 is 1.00 bits per heavy atom. The average molecular weight is 370 g/mol. The molecule has 2 aliphatic rings. The molecule has 0 bridgehead atoms. The third-order valence-corrected chi connectivity index (χ3v) is 5.19. The third-order valence-electron chi connectivity index (χ3n) is 4.47. The van der Waals surface area contributed by atoms with Crippen LogP contribution in [0.2, 0.25) is 0 Å². The van der Waals surface area contributed by atoms with Crippen molar-refractivity contribution >= 4 is 22.6 Å². The fraction of sp³-hybridized carbons (Fsp3) is 0.625. The van der Waals surface area contributed by atoms with Gasteiger partial charge in [0.1, 0.15) is 0 Å². The Hall–Kier alpha value is -0.130. The fourth-order valence-corrected chi connectivity index (χ4v) is 3.74. The number of hydrogen-bond acceptors (Lipinski definition) is 2. The lowest BCUT2D eigenvalue weighted by atomic mass is 10.1. The molecule has 0 amide bonds. The van der Waals surface area contributed by atoms with E-state index >= 15 is 0 Å². The van der Waals surface area contributed by atoms with E-state index in [-0.39, 0.29) is 0 Å². The van der Waals surface area contributed by atoms with Crippen molar-refractivity contribution in [2.24, 2.45) is 0 Å². The zero-order chi connectivity index (χ0) is 13.1. The summed E-state index contributed by atoms with van der Waals surface area (Å²) in [6.45, 7) is 6.34. The second-order valence-corrected chi connectivity index (χ2v) is 7.15. The Morgan fingerprint density at radius 2 is 1.74 bits per heavy atom. The van der Waals surface area contributed by atoms with Crippen molar-refractivity contribution in [3.8, 4) is 0 Å². The van der Waals surface area contributed by atoms with Crippen LogP contribution in [0.4, 0.5) is 0 Å². The molecule has 0 spiro atoms. The van der Waals surface area contributed by atoms with Crippen LogP contribution in [-0.4, -0.2) is 42.0 Å². The number of rotatable bonds is 3. The number of likely N-dealkylation sites (tertiary alicyclic amines) is 2. The van der Waals surface area contributed by atoms with Crippen molar-refractivity contribution < 1.29 is 0 Å². The van der Waals surface area contributed by atoms with Gasteiger partial charge >= 0.3 is 0 Å². The van der Waals surface area contributed by atoms with Crippen LogP contribution in [0.5, 0.6) is 0 Å². The van der Waals surface area contributed by atoms with E-state index in [0.717, 1.165) is 12.6 Å². The van der Waals surface area contributed by atoms with Gasteiger partial charge in [-0.2, -0.15) is 0 Å². The van der Waals surface area contributed by atoms with E-state index in [1.54, 1.807) is 0 Å². The second kappa shape index (κ2) is 6.55. The summed E-state index contributed by atoms with van der Waals surface area (Å²) in [7, 11) is 0. The van der Waals surface area contributed by atoms with Crippen molar-refractivity contribution in [3.05, 3.63) is 33.4 Å². The molecule has 3 heteroatoms. The molecule has 104 valence electrons. The first-order chi connectivity index (χ1) is 9.31. The molecule has 2 heterocycles. The van der Waals surface area contributed by atoms with Gasteiger partial charge in [-0.05, 0) is 72.6 Å². The van der Waals surface area contributed by atoms with E-state index in [0.29, 0.717) is 0 Å². The maximum atomic E-state index is 2.73. The molecule has 1 atom stereocenters. The van der Waals surface area contributed by atoms with Gasteiger partial charge in [-0.1, -0.05) is 18.6 Å². The Morgan fingerprint density at radius 3 is 2.47 bits per heavy atom. The first-order valence-electron chi connectivity index (χ1n) is 7.52. The molecule has 0 aromatic heterocycles. The first kappa shape index (κ1) is 13.8. The van der Waals surface area contributed by atoms with Gasteiger partial charge in [0.05, 0.1) is 0 Å². The molecule has 1 unspecified atom stereocenters. The molecule has 3 rings (SSSR count). The van der Waals surface area contributed by atoms with Crippen molar-refractivity contribution in [1.82, 2.24) is 9.80 Å². The zero-order valence-corrected chi connectivity index (χ0v) is 13.7. The van der Waals surface area contributed by atoms with Crippen molar-refractivity contribution in [3.63, 3.8) is 0 Å². The van der Waals surface area contributed by atoms with Gasteiger partial charge < -0.3 is 0 Å². The Kier molecular flexibility index (Phi) is 4.77. The van der Waals surface area contributed by atoms with Crippen LogP contribution in [-0.2, 0) is 6.54 Å². The number of piperidine rings is 1. The topological polar surface area (TPSA) is 6.48 Å². The molecular formula is C16H23IN2. The SMILES string of the molecule is Ic1ccc(CN2CCC(N3CCCCC3)C2)cc1. The zero-order valence-electron chi connectivity index (χ0n) is 11.5. The van der Waals surface area contributed by atoms with Gasteiger partial charge in [0, 0.05) is 29.2 Å². The highest BCUT2D eigenvalue weighted by atomic mass is 127. The molecule has 2 aliphatic heterocycles. The summed E-state index contributed by atoms with van der Waals surface area (Å²) in [6, 6.07) is 9.80. The Labute approximate surface area is 130 Å². The van der Waals surface area contributed by atoms with Crippen LogP contribution in [0.3, 0.4) is 0 Å². The van der Waals surface area contributed by atoms with E-state index in [4.69, 9.17) is 0 Å². The van der Waals surface area contributed by atoms with E-state index in [1.165, 1.54) is 61.0 Å². The molecule has 2 saturated heterocycles. The largest absolute Gasteiger partial charge is 0.299 e. The van der Waals surface area contributed by atoms with Gasteiger partial charge in [-0.25, -0.2) is 0 Å². The van der Waals surface area contributed by atoms with E-state index < -0.39 is 0 Å². The average Bonchev–Trinajstić information content (AvgIpc) is 2.91. The molecule has 2 fully saturated rings. The monoisotopic (exact) mass is 370 g/mol. The molecule has 2 nitrogen and oxygen atoms in total. The summed E-state index contributed by atoms with van der Waals surface area (Å²) >= 11 is 2.37. The van der Waals surface area contributed by atoms with Crippen LogP contribution >= 0.6 is 22.6 Å². The quantitative estimate of drug-likeness (QED) is 0.753. The maximum absolute atomic E-state index is 2.73. The smallest absolute Gasteiger partial charge is 0.0235 e. The van der Waals surface area contributed by atoms with E-state index in [1.807, 2.05) is 0 Å². The summed E-state index contributed by atoms with van der Waals surface area (Å²) in [5.74, 6) is 0. The number of halogens is 1. The van der Waals surface area contributed by atoms with E-state index in [2.05, 4.69) is 56.7 Å². The highest BCUT2D eigenvalue weighted by molar-refractivity contribution is 14.1. The molecule has 1 aromatic rings. The molecule has 0 aliphatic carbocycles. The van der Waals surface area contributed by atoms with E-state index in [9.17, 15) is 0 Å². The highest BCUT2D eigenvalue weighted by Crippen LogP contribution is 2.21. The summed E-state index contributed by atoms with van der Waals surface area (Å²) in [4.78, 5) is 5.36. The van der Waals surface area contributed by atoms with Crippen LogP contribution < -0.4 is 0 Å². The van der Waals surface area contributed by atoms with Gasteiger partial charge in [0.25, 0.3) is 0 Å². The normalized spacial score (nSPS) is 25.8. The lowest BCUT2D eigenvalue weighted by molar-refractivity contribution is 0.161. The lowest BCUT2D eigenvalue weighted by Crippen LogP contribution is -2.40. The minimum atomic E-state index is 0.823. The standard InChI is InChI=1S/C16H23IN2/c17-15-6-4-14(5-7-15)12-18-11-8-16(13-18)19-9-2-1-3-10-19/h4-7,16H,1-3,8-13H2. The summed E-state index contributed by atoms with van der Waals surface area (Å²) in [6.07, 6.45) is 5.63. The predicted molar refractivity (Wildman–Crippen MR) is 88.3 cm³/mol. The van der Waals surface area contributed by atoms with Crippen molar-refractivity contribution in [2.75, 3.05) is 26.2 Å². The Balaban J connectivity index is 1.52. The Bertz CT molecular complexity index is 398. The second-order valence-electron chi connectivity index (χ2n) is 5.90. The lowest BCUT2D eigenvalue weighted by Gasteiger charge is -2.32. The number of nitrogens with zero attached hydrogens (tertiary/aromatic N) is 2. The minimum absolute atomic E-state index is 0.823. The first-order valence-corrected chi connectivity index (χ1v) is 8.60. The molecule has 0 N–H and O–H groups in total. The van der Waals surface area contributed by atoms with Gasteiger partial charge in [-0.3, -0.25) is 9.80 Å². The summed E-state index contributed by atoms with van der Waals surface area (Å²) < 4.78 is 1.33. The van der Waals surface area contributed by atoms with Crippen molar-refractivity contribution in [2.45, 2.75) is 38.3 Å².